The van der Waals surface area contributed by atoms with Gasteiger partial charge in [0.15, 0.2) is 0 Å². The molecule has 2 heteroatoms. The van der Waals surface area contributed by atoms with Crippen LogP contribution in [0, 0.1) is 0 Å². The predicted molar refractivity (Wildman–Crippen MR) is 91.0 cm³/mol. The van der Waals surface area contributed by atoms with Gasteiger partial charge in [-0.2, -0.15) is 0 Å². The second-order valence-corrected chi connectivity index (χ2v) is 6.50. The highest BCUT2D eigenvalue weighted by Crippen LogP contribution is 2.38. The Morgan fingerprint density at radius 3 is 1.67 bits per heavy atom. The molecule has 0 aromatic heterocycles. The van der Waals surface area contributed by atoms with Crippen LogP contribution in [0.5, 0.6) is 0 Å². The first-order valence-corrected chi connectivity index (χ1v) is 8.04. The summed E-state index contributed by atoms with van der Waals surface area (Å²) in [5.41, 5.74) is 1.50. The highest BCUT2D eigenvalue weighted by atomic mass is 28.1. The second kappa shape index (κ2) is 5.28. The summed E-state index contributed by atoms with van der Waals surface area (Å²) in [6, 6.07) is 17.7. The molecule has 1 N–H and O–H groups in total. The second-order valence-electron chi connectivity index (χ2n) is 6.00. The number of benzene rings is 3. The number of fused-ring (bicyclic) bond motifs is 2. The van der Waals surface area contributed by atoms with Gasteiger partial charge in [0, 0.05) is 10.2 Å². The van der Waals surface area contributed by atoms with E-state index in [4.69, 9.17) is 0 Å². The Morgan fingerprint density at radius 2 is 1.29 bits per heavy atom. The van der Waals surface area contributed by atoms with E-state index >= 15 is 0 Å². The maximum absolute atomic E-state index is 10.7. The summed E-state index contributed by atoms with van der Waals surface area (Å²) in [6.45, 7) is 3.73. The molecule has 3 aromatic carbocycles. The zero-order valence-electron chi connectivity index (χ0n) is 12.5. The van der Waals surface area contributed by atoms with E-state index in [9.17, 15) is 5.11 Å². The molecule has 0 unspecified atom stereocenters. The van der Waals surface area contributed by atoms with Crippen molar-refractivity contribution < 1.29 is 5.11 Å². The molecule has 0 aliphatic heterocycles. The summed E-state index contributed by atoms with van der Waals surface area (Å²) in [5, 5.41) is 15.5. The Morgan fingerprint density at radius 1 is 0.857 bits per heavy atom. The fourth-order valence-corrected chi connectivity index (χ4v) is 3.52. The summed E-state index contributed by atoms with van der Waals surface area (Å²) in [4.78, 5) is 0. The van der Waals surface area contributed by atoms with Crippen LogP contribution in [-0.2, 0) is 12.0 Å². The fraction of sp³-hybridized carbons (Fsp3) is 0.263. The van der Waals surface area contributed by atoms with Crippen LogP contribution in [0.2, 0.25) is 6.04 Å². The Bertz CT molecular complexity index is 743. The zero-order chi connectivity index (χ0) is 15.0. The van der Waals surface area contributed by atoms with Crippen LogP contribution in [0.4, 0.5) is 0 Å². The maximum atomic E-state index is 10.7. The van der Waals surface area contributed by atoms with Crippen molar-refractivity contribution in [2.45, 2.75) is 31.9 Å². The maximum Gasteiger partial charge on any atom is 0.0852 e. The first kappa shape index (κ1) is 14.3. The van der Waals surface area contributed by atoms with Crippen LogP contribution in [0.25, 0.3) is 21.5 Å². The highest BCUT2D eigenvalue weighted by molar-refractivity contribution is 6.10. The van der Waals surface area contributed by atoms with E-state index in [2.05, 4.69) is 46.6 Å². The van der Waals surface area contributed by atoms with Crippen molar-refractivity contribution in [3.05, 3.63) is 59.7 Å². The van der Waals surface area contributed by atoms with E-state index in [0.29, 0.717) is 0 Å². The highest BCUT2D eigenvalue weighted by Gasteiger charge is 2.23. The number of rotatable bonds is 3. The summed E-state index contributed by atoms with van der Waals surface area (Å²) >= 11 is 0. The van der Waals surface area contributed by atoms with Crippen LogP contribution >= 0.6 is 0 Å². The minimum absolute atomic E-state index is 0.869. The fourth-order valence-electron chi connectivity index (χ4n) is 3.27. The number of aryl methyl sites for hydroxylation is 1. The van der Waals surface area contributed by atoms with Gasteiger partial charge in [0.2, 0.25) is 0 Å². The van der Waals surface area contributed by atoms with Gasteiger partial charge in [0.05, 0.1) is 5.60 Å². The molecule has 0 heterocycles. The van der Waals surface area contributed by atoms with E-state index in [0.717, 1.165) is 28.8 Å². The zero-order valence-corrected chi connectivity index (χ0v) is 13.5. The van der Waals surface area contributed by atoms with Crippen LogP contribution in [-0.4, -0.2) is 15.3 Å². The molecular formula is C19H19OSi. The molecule has 3 rings (SSSR count). The molecule has 0 fully saturated rings. The largest absolute Gasteiger partial charge is 0.386 e. The topological polar surface area (TPSA) is 20.2 Å². The molecule has 0 aliphatic rings. The van der Waals surface area contributed by atoms with Gasteiger partial charge >= 0.3 is 0 Å². The van der Waals surface area contributed by atoms with Gasteiger partial charge in [-0.1, -0.05) is 54.6 Å². The lowest BCUT2D eigenvalue weighted by atomic mass is 9.84. The van der Waals surface area contributed by atoms with E-state index in [1.165, 1.54) is 16.3 Å². The summed E-state index contributed by atoms with van der Waals surface area (Å²) in [7, 11) is 3.62. The smallest absolute Gasteiger partial charge is 0.0852 e. The standard InChI is InChI=1S/C19H19OSi/c1-19(2,20)18-16-9-5-3-7-13(16)15(11-12-21)14-8-4-6-10-17(14)18/h3-10,20H,11-12H2,1-2H3. The van der Waals surface area contributed by atoms with Crippen LogP contribution in [0.15, 0.2) is 48.5 Å². The molecule has 0 amide bonds. The molecule has 3 aromatic rings. The number of hydrogen-bond donors (Lipinski definition) is 1. The Kier molecular flexibility index (Phi) is 3.60. The lowest BCUT2D eigenvalue weighted by molar-refractivity contribution is 0.0817. The van der Waals surface area contributed by atoms with Gasteiger partial charge < -0.3 is 5.11 Å². The van der Waals surface area contributed by atoms with Gasteiger partial charge in [0.25, 0.3) is 0 Å². The molecule has 0 saturated heterocycles. The molecule has 0 saturated carbocycles. The van der Waals surface area contributed by atoms with Crippen molar-refractivity contribution in [3.63, 3.8) is 0 Å². The normalized spacial score (nSPS) is 12.2. The molecular weight excluding hydrogens is 272 g/mol. The van der Waals surface area contributed by atoms with Crippen molar-refractivity contribution in [3.8, 4) is 0 Å². The van der Waals surface area contributed by atoms with Crippen LogP contribution in [0.1, 0.15) is 25.0 Å². The third-order valence-electron chi connectivity index (χ3n) is 4.03. The Labute approximate surface area is 129 Å². The van der Waals surface area contributed by atoms with Crippen molar-refractivity contribution in [1.82, 2.24) is 0 Å². The van der Waals surface area contributed by atoms with Crippen molar-refractivity contribution in [1.29, 1.82) is 0 Å². The quantitative estimate of drug-likeness (QED) is 0.562. The average Bonchev–Trinajstić information content (AvgIpc) is 2.46. The molecule has 0 atom stereocenters. The van der Waals surface area contributed by atoms with Gasteiger partial charge in [-0.15, -0.1) is 0 Å². The summed E-state index contributed by atoms with van der Waals surface area (Å²) in [5.74, 6) is 0. The summed E-state index contributed by atoms with van der Waals surface area (Å²) < 4.78 is 0. The molecule has 3 radical (unpaired) electrons. The molecule has 1 nitrogen and oxygen atoms in total. The van der Waals surface area contributed by atoms with Crippen molar-refractivity contribution in [2.75, 3.05) is 0 Å². The van der Waals surface area contributed by atoms with Gasteiger partial charge in [0.1, 0.15) is 0 Å². The lowest BCUT2D eigenvalue weighted by Crippen LogP contribution is -2.17. The minimum Gasteiger partial charge on any atom is -0.386 e. The molecule has 0 spiro atoms. The molecule has 105 valence electrons. The lowest BCUT2D eigenvalue weighted by Gasteiger charge is -2.25. The van der Waals surface area contributed by atoms with Crippen molar-refractivity contribution in [2.24, 2.45) is 0 Å². The van der Waals surface area contributed by atoms with Crippen LogP contribution in [0.3, 0.4) is 0 Å². The molecule has 0 aliphatic carbocycles. The Hall–Kier alpha value is -1.64. The molecule has 0 bridgehead atoms. The number of hydrogen-bond acceptors (Lipinski definition) is 1. The number of aliphatic hydroxyl groups is 1. The van der Waals surface area contributed by atoms with E-state index in [1.807, 2.05) is 26.0 Å². The third-order valence-corrected chi connectivity index (χ3v) is 4.28. The van der Waals surface area contributed by atoms with E-state index in [1.54, 1.807) is 0 Å². The predicted octanol–water partition coefficient (Wildman–Crippen LogP) is 4.35. The minimum atomic E-state index is -0.869. The van der Waals surface area contributed by atoms with Gasteiger partial charge in [-0.25, -0.2) is 0 Å². The third kappa shape index (κ3) is 2.39. The SMILES string of the molecule is CC(C)(O)c1c2ccccc2c(CC[Si])c2ccccc12. The van der Waals surface area contributed by atoms with Gasteiger partial charge in [-0.3, -0.25) is 0 Å². The average molecular weight is 291 g/mol. The molecule has 21 heavy (non-hydrogen) atoms. The van der Waals surface area contributed by atoms with E-state index < -0.39 is 5.60 Å². The first-order chi connectivity index (χ1) is 10.0. The Balaban J connectivity index is 2.57. The van der Waals surface area contributed by atoms with E-state index in [-0.39, 0.29) is 0 Å². The monoisotopic (exact) mass is 291 g/mol. The van der Waals surface area contributed by atoms with Crippen molar-refractivity contribution >= 4 is 31.8 Å². The van der Waals surface area contributed by atoms with Crippen LogP contribution < -0.4 is 0 Å². The first-order valence-electron chi connectivity index (χ1n) is 7.34. The summed E-state index contributed by atoms with van der Waals surface area (Å²) in [6.07, 6.45) is 0.976. The van der Waals surface area contributed by atoms with Gasteiger partial charge in [-0.05, 0) is 52.9 Å².